The number of benzene rings is 2. The van der Waals surface area contributed by atoms with Crippen LogP contribution in [0.15, 0.2) is 67.4 Å². The van der Waals surface area contributed by atoms with Crippen LogP contribution in [0.2, 0.25) is 10.0 Å². The molecule has 1 saturated heterocycles. The second kappa shape index (κ2) is 8.95. The zero-order valence-electron chi connectivity index (χ0n) is 16.1. The van der Waals surface area contributed by atoms with Gasteiger partial charge < -0.3 is 4.90 Å². The van der Waals surface area contributed by atoms with Gasteiger partial charge in [0.15, 0.2) is 0 Å². The van der Waals surface area contributed by atoms with E-state index < -0.39 is 0 Å². The van der Waals surface area contributed by atoms with Gasteiger partial charge in [0.05, 0.1) is 17.6 Å². The van der Waals surface area contributed by atoms with Gasteiger partial charge in [-0.2, -0.15) is 0 Å². The Bertz CT molecular complexity index is 979. The molecule has 0 unspecified atom stereocenters. The van der Waals surface area contributed by atoms with Crippen LogP contribution in [-0.2, 0) is 0 Å². The molecule has 1 aromatic heterocycles. The van der Waals surface area contributed by atoms with Gasteiger partial charge in [-0.3, -0.25) is 9.88 Å². The lowest BCUT2D eigenvalue weighted by molar-refractivity contribution is 0.283. The maximum absolute atomic E-state index is 6.10. The molecule has 1 aliphatic rings. The van der Waals surface area contributed by atoms with Crippen LogP contribution < -0.4 is 4.90 Å². The summed E-state index contributed by atoms with van der Waals surface area (Å²) in [4.78, 5) is 14.5. The van der Waals surface area contributed by atoms with Crippen molar-refractivity contribution in [3.63, 3.8) is 0 Å². The first-order valence-electron chi connectivity index (χ1n) is 9.61. The Balaban J connectivity index is 1.70. The summed E-state index contributed by atoms with van der Waals surface area (Å²) in [7, 11) is 0. The Morgan fingerprint density at radius 3 is 1.93 bits per heavy atom. The number of anilines is 1. The first-order valence-corrected chi connectivity index (χ1v) is 10.4. The van der Waals surface area contributed by atoms with Crippen LogP contribution in [0.5, 0.6) is 0 Å². The average molecular weight is 425 g/mol. The van der Waals surface area contributed by atoms with Gasteiger partial charge in [-0.15, -0.1) is 6.58 Å². The molecule has 148 valence electrons. The molecule has 0 aliphatic carbocycles. The maximum Gasteiger partial charge on any atom is 0.147 e. The van der Waals surface area contributed by atoms with Crippen molar-refractivity contribution in [3.05, 3.63) is 77.4 Å². The van der Waals surface area contributed by atoms with E-state index in [1.54, 1.807) is 0 Å². The summed E-state index contributed by atoms with van der Waals surface area (Å²) < 4.78 is 0. The minimum absolute atomic E-state index is 0.698. The van der Waals surface area contributed by atoms with Crippen molar-refractivity contribution in [2.24, 2.45) is 0 Å². The number of nitrogens with zero attached hydrogens (tertiary/aromatic N) is 4. The topological polar surface area (TPSA) is 32.3 Å². The highest BCUT2D eigenvalue weighted by molar-refractivity contribution is 6.31. The minimum Gasteiger partial charge on any atom is -0.353 e. The molecular weight excluding hydrogens is 403 g/mol. The molecule has 0 amide bonds. The van der Waals surface area contributed by atoms with Gasteiger partial charge in [0.1, 0.15) is 5.82 Å². The lowest BCUT2D eigenvalue weighted by atomic mass is 10.0. The highest BCUT2D eigenvalue weighted by atomic mass is 35.5. The Hall–Kier alpha value is -2.40. The van der Waals surface area contributed by atoms with Crippen LogP contribution in [0.1, 0.15) is 0 Å². The Kier molecular flexibility index (Phi) is 6.14. The molecule has 0 atom stereocenters. The summed E-state index contributed by atoms with van der Waals surface area (Å²) in [5.41, 5.74) is 3.64. The smallest absolute Gasteiger partial charge is 0.147 e. The third-order valence-electron chi connectivity index (χ3n) is 5.08. The maximum atomic E-state index is 6.10. The second-order valence-electron chi connectivity index (χ2n) is 7.02. The van der Waals surface area contributed by atoms with E-state index in [1.807, 2.05) is 60.8 Å². The van der Waals surface area contributed by atoms with E-state index in [0.717, 1.165) is 61.1 Å². The molecule has 6 heteroatoms. The van der Waals surface area contributed by atoms with Crippen molar-refractivity contribution in [3.8, 4) is 22.5 Å². The molecule has 29 heavy (non-hydrogen) atoms. The van der Waals surface area contributed by atoms with E-state index in [9.17, 15) is 0 Å². The minimum atomic E-state index is 0.698. The molecule has 0 saturated carbocycles. The molecular formula is C23H22Cl2N4. The Labute approximate surface area is 181 Å². The first-order chi connectivity index (χ1) is 14.1. The molecule has 3 aromatic rings. The highest BCUT2D eigenvalue weighted by Gasteiger charge is 2.20. The fourth-order valence-electron chi connectivity index (χ4n) is 3.50. The van der Waals surface area contributed by atoms with Crippen LogP contribution >= 0.6 is 23.2 Å². The standard InChI is InChI=1S/C23H22Cl2N4/c1-2-11-28-12-14-29(15-13-28)21-16-26-22(17-3-7-19(24)8-4-17)23(27-21)18-5-9-20(25)10-6-18/h2-10,16H,1,11-15H2. The van der Waals surface area contributed by atoms with Crippen molar-refractivity contribution in [1.29, 1.82) is 0 Å². The zero-order chi connectivity index (χ0) is 20.2. The van der Waals surface area contributed by atoms with Gasteiger partial charge in [-0.25, -0.2) is 4.98 Å². The number of aromatic nitrogens is 2. The number of rotatable bonds is 5. The Morgan fingerprint density at radius 1 is 0.828 bits per heavy atom. The number of hydrogen-bond acceptors (Lipinski definition) is 4. The van der Waals surface area contributed by atoms with Crippen LogP contribution in [0.25, 0.3) is 22.5 Å². The fraction of sp³-hybridized carbons (Fsp3) is 0.217. The SMILES string of the molecule is C=CCN1CCN(c2cnc(-c3ccc(Cl)cc3)c(-c3ccc(Cl)cc3)n2)CC1. The highest BCUT2D eigenvalue weighted by Crippen LogP contribution is 2.32. The molecule has 0 radical (unpaired) electrons. The quantitative estimate of drug-likeness (QED) is 0.511. The van der Waals surface area contributed by atoms with Crippen LogP contribution in [-0.4, -0.2) is 47.6 Å². The van der Waals surface area contributed by atoms with Crippen molar-refractivity contribution in [2.45, 2.75) is 0 Å². The number of halogens is 2. The van der Waals surface area contributed by atoms with E-state index in [4.69, 9.17) is 33.2 Å². The summed E-state index contributed by atoms with van der Waals surface area (Å²) in [6, 6.07) is 15.4. The van der Waals surface area contributed by atoms with E-state index in [0.29, 0.717) is 10.0 Å². The van der Waals surface area contributed by atoms with E-state index >= 15 is 0 Å². The van der Waals surface area contributed by atoms with Crippen molar-refractivity contribution >= 4 is 29.0 Å². The lowest BCUT2D eigenvalue weighted by Gasteiger charge is -2.34. The normalized spacial score (nSPS) is 14.8. The second-order valence-corrected chi connectivity index (χ2v) is 7.89. The van der Waals surface area contributed by atoms with Gasteiger partial charge in [-0.05, 0) is 24.3 Å². The summed E-state index contributed by atoms with van der Waals surface area (Å²) in [6.45, 7) is 8.57. The monoisotopic (exact) mass is 424 g/mol. The van der Waals surface area contributed by atoms with Crippen molar-refractivity contribution < 1.29 is 0 Å². The van der Waals surface area contributed by atoms with Gasteiger partial charge in [0.25, 0.3) is 0 Å². The third kappa shape index (κ3) is 4.61. The molecule has 4 nitrogen and oxygen atoms in total. The van der Waals surface area contributed by atoms with Gasteiger partial charge in [-0.1, -0.05) is 53.5 Å². The fourth-order valence-corrected chi connectivity index (χ4v) is 3.75. The average Bonchev–Trinajstić information content (AvgIpc) is 2.75. The molecule has 0 N–H and O–H groups in total. The molecule has 2 heterocycles. The van der Waals surface area contributed by atoms with Crippen LogP contribution in [0.4, 0.5) is 5.82 Å². The molecule has 0 spiro atoms. The van der Waals surface area contributed by atoms with Gasteiger partial charge in [0, 0.05) is 53.9 Å². The zero-order valence-corrected chi connectivity index (χ0v) is 17.6. The predicted molar refractivity (Wildman–Crippen MR) is 122 cm³/mol. The predicted octanol–water partition coefficient (Wildman–Crippen LogP) is 5.43. The van der Waals surface area contributed by atoms with Crippen molar-refractivity contribution in [1.82, 2.24) is 14.9 Å². The third-order valence-corrected chi connectivity index (χ3v) is 5.58. The summed E-state index contributed by atoms with van der Waals surface area (Å²) in [5, 5.41) is 1.40. The first kappa shape index (κ1) is 19.9. The molecule has 1 aliphatic heterocycles. The molecule has 2 aromatic carbocycles. The van der Waals surface area contributed by atoms with Gasteiger partial charge >= 0.3 is 0 Å². The van der Waals surface area contributed by atoms with E-state index in [-0.39, 0.29) is 0 Å². The van der Waals surface area contributed by atoms with Crippen LogP contribution in [0, 0.1) is 0 Å². The number of piperazine rings is 1. The number of hydrogen-bond donors (Lipinski definition) is 0. The summed E-state index contributed by atoms with van der Waals surface area (Å²) >= 11 is 12.2. The molecule has 1 fully saturated rings. The Morgan fingerprint density at radius 2 is 1.38 bits per heavy atom. The van der Waals surface area contributed by atoms with E-state index in [2.05, 4.69) is 16.4 Å². The molecule has 0 bridgehead atoms. The molecule has 4 rings (SSSR count). The lowest BCUT2D eigenvalue weighted by Crippen LogP contribution is -2.46. The van der Waals surface area contributed by atoms with Gasteiger partial charge in [0.2, 0.25) is 0 Å². The van der Waals surface area contributed by atoms with E-state index in [1.165, 1.54) is 0 Å². The summed E-state index contributed by atoms with van der Waals surface area (Å²) in [6.07, 6.45) is 3.82. The largest absolute Gasteiger partial charge is 0.353 e. The van der Waals surface area contributed by atoms with Crippen LogP contribution in [0.3, 0.4) is 0 Å². The summed E-state index contributed by atoms with van der Waals surface area (Å²) in [5.74, 6) is 0.894. The van der Waals surface area contributed by atoms with Crippen molar-refractivity contribution in [2.75, 3.05) is 37.6 Å².